The van der Waals surface area contributed by atoms with Crippen LogP contribution in [-0.4, -0.2) is 6.71 Å². The maximum absolute atomic E-state index is 6.34. The number of aryl methyl sites for hydroxylation is 2. The van der Waals surface area contributed by atoms with Crippen LogP contribution >= 0.6 is 0 Å². The lowest BCUT2D eigenvalue weighted by Crippen LogP contribution is -2.57. The van der Waals surface area contributed by atoms with Crippen LogP contribution in [0.25, 0.3) is 44.2 Å². The maximum Gasteiger partial charge on any atom is 0.244 e. The fourth-order valence-corrected chi connectivity index (χ4v) is 7.27. The van der Waals surface area contributed by atoms with E-state index in [-0.39, 0.29) is 6.71 Å². The van der Waals surface area contributed by atoms with Crippen molar-refractivity contribution in [1.29, 1.82) is 0 Å². The van der Waals surface area contributed by atoms with Gasteiger partial charge in [-0.3, -0.25) is 0 Å². The van der Waals surface area contributed by atoms with Gasteiger partial charge in [-0.1, -0.05) is 72.0 Å². The average Bonchev–Trinajstić information content (AvgIpc) is 3.36. The monoisotopic (exact) mass is 428 g/mol. The van der Waals surface area contributed by atoms with Crippen LogP contribution in [0.15, 0.2) is 57.4 Å². The fraction of sp³-hybridized carbons (Fsp3) is 0.267. The van der Waals surface area contributed by atoms with Crippen molar-refractivity contribution < 1.29 is 8.83 Å². The van der Waals surface area contributed by atoms with Gasteiger partial charge in [-0.05, 0) is 61.4 Å². The number of rotatable bonds is 1. The van der Waals surface area contributed by atoms with Crippen molar-refractivity contribution in [3.05, 3.63) is 65.6 Å². The molecule has 3 aliphatic rings. The summed E-state index contributed by atoms with van der Waals surface area (Å²) < 4.78 is 12.7. The minimum atomic E-state index is 0.219. The number of hydrogen-bond donors (Lipinski definition) is 0. The highest BCUT2D eigenvalue weighted by Crippen LogP contribution is 2.45. The Balaban J connectivity index is 1.57. The van der Waals surface area contributed by atoms with E-state index in [1.807, 2.05) is 0 Å². The van der Waals surface area contributed by atoms with Crippen LogP contribution in [0.2, 0.25) is 0 Å². The number of fused-ring (bicyclic) bond motifs is 4. The third-order valence-corrected chi connectivity index (χ3v) is 8.58. The minimum Gasteiger partial charge on any atom is -0.461 e. The first-order valence-corrected chi connectivity index (χ1v) is 12.4. The molecule has 1 aliphatic carbocycles. The van der Waals surface area contributed by atoms with Crippen molar-refractivity contribution in [3.8, 4) is 22.3 Å². The molecule has 0 spiro atoms. The van der Waals surface area contributed by atoms with Crippen molar-refractivity contribution >= 4 is 45.0 Å². The zero-order valence-corrected chi connectivity index (χ0v) is 19.1. The fourth-order valence-electron chi connectivity index (χ4n) is 7.27. The molecule has 3 heteroatoms. The minimum absolute atomic E-state index is 0.219. The first-order valence-electron chi connectivity index (χ1n) is 12.4. The van der Waals surface area contributed by atoms with Gasteiger partial charge in [0.2, 0.25) is 6.71 Å². The summed E-state index contributed by atoms with van der Waals surface area (Å²) in [5, 5.41) is 2.61. The molecule has 0 atom stereocenters. The normalized spacial score (nSPS) is 16.6. The van der Waals surface area contributed by atoms with Gasteiger partial charge >= 0.3 is 0 Å². The standard InChI is InChI=1S/C30H25BO2/c1-16-26-20-14-19(18-8-4-3-5-9-18)15-21-27-17(2)33-25-13-7-11-23(29(25)27)31(30(20)21)22-10-6-12-24(32-16)28(22)26/h6-7,10-15,18H,3-5,8-9H2,1-2H3. The van der Waals surface area contributed by atoms with Crippen molar-refractivity contribution in [2.24, 2.45) is 0 Å². The molecule has 160 valence electrons. The first-order chi connectivity index (χ1) is 16.2. The van der Waals surface area contributed by atoms with E-state index in [1.165, 1.54) is 87.1 Å². The molecular formula is C30H25BO2. The molecule has 4 heterocycles. The van der Waals surface area contributed by atoms with Crippen LogP contribution in [0.4, 0.5) is 0 Å². The highest BCUT2D eigenvalue weighted by Gasteiger charge is 2.41. The van der Waals surface area contributed by atoms with Gasteiger partial charge in [0, 0.05) is 21.9 Å². The molecular weight excluding hydrogens is 403 g/mol. The van der Waals surface area contributed by atoms with E-state index in [9.17, 15) is 0 Å². The van der Waals surface area contributed by atoms with E-state index in [1.54, 1.807) is 0 Å². The third kappa shape index (κ3) is 2.21. The van der Waals surface area contributed by atoms with Crippen molar-refractivity contribution in [2.45, 2.75) is 51.9 Å². The molecule has 0 N–H and O–H groups in total. The summed E-state index contributed by atoms with van der Waals surface area (Å²) in [6.45, 7) is 4.49. The third-order valence-electron chi connectivity index (χ3n) is 8.58. The molecule has 0 bridgehead atoms. The highest BCUT2D eigenvalue weighted by atomic mass is 16.3. The smallest absolute Gasteiger partial charge is 0.244 e. The molecule has 0 amide bonds. The second kappa shape index (κ2) is 6.23. The van der Waals surface area contributed by atoms with Gasteiger partial charge in [-0.2, -0.15) is 0 Å². The molecule has 3 aromatic carbocycles. The van der Waals surface area contributed by atoms with Crippen LogP contribution in [0.3, 0.4) is 0 Å². The molecule has 0 saturated heterocycles. The summed E-state index contributed by atoms with van der Waals surface area (Å²) in [5.74, 6) is 2.72. The Morgan fingerprint density at radius 2 is 1.27 bits per heavy atom. The Labute approximate surface area is 193 Å². The van der Waals surface area contributed by atoms with E-state index >= 15 is 0 Å². The topological polar surface area (TPSA) is 26.3 Å². The van der Waals surface area contributed by atoms with E-state index in [0.717, 1.165) is 22.7 Å². The van der Waals surface area contributed by atoms with Crippen LogP contribution in [0.1, 0.15) is 55.1 Å². The predicted molar refractivity (Wildman–Crippen MR) is 137 cm³/mol. The Bertz CT molecular complexity index is 1520. The summed E-state index contributed by atoms with van der Waals surface area (Å²) in [7, 11) is 0. The van der Waals surface area contributed by atoms with Gasteiger partial charge in [0.1, 0.15) is 22.7 Å². The second-order valence-corrected chi connectivity index (χ2v) is 10.3. The van der Waals surface area contributed by atoms with E-state index < -0.39 is 0 Å². The summed E-state index contributed by atoms with van der Waals surface area (Å²) in [6, 6.07) is 18.2. The average molecular weight is 428 g/mol. The van der Waals surface area contributed by atoms with Crippen LogP contribution in [0, 0.1) is 13.8 Å². The summed E-state index contributed by atoms with van der Waals surface area (Å²) in [4.78, 5) is 0. The molecule has 0 radical (unpaired) electrons. The Hall–Kier alpha value is -3.20. The van der Waals surface area contributed by atoms with Gasteiger partial charge in [-0.15, -0.1) is 0 Å². The van der Waals surface area contributed by atoms with Gasteiger partial charge < -0.3 is 8.83 Å². The van der Waals surface area contributed by atoms with Crippen molar-refractivity contribution in [3.63, 3.8) is 0 Å². The molecule has 1 fully saturated rings. The predicted octanol–water partition coefficient (Wildman–Crippen LogP) is 6.32. The molecule has 0 unspecified atom stereocenters. The Morgan fingerprint density at radius 1 is 0.727 bits per heavy atom. The molecule has 33 heavy (non-hydrogen) atoms. The summed E-state index contributed by atoms with van der Waals surface area (Å²) >= 11 is 0. The van der Waals surface area contributed by atoms with Crippen molar-refractivity contribution in [1.82, 2.24) is 0 Å². The molecule has 2 aromatic heterocycles. The van der Waals surface area contributed by atoms with Crippen molar-refractivity contribution in [2.75, 3.05) is 0 Å². The molecule has 8 rings (SSSR count). The number of hydrogen-bond acceptors (Lipinski definition) is 2. The van der Waals surface area contributed by atoms with Gasteiger partial charge in [0.25, 0.3) is 0 Å². The lowest BCUT2D eigenvalue weighted by atomic mass is 9.31. The SMILES string of the molecule is Cc1oc2cccc3c2c1-c1cc(C2CCCCC2)cc2c1B3c1cccc3oc(C)c-2c13. The van der Waals surface area contributed by atoms with Crippen LogP contribution in [-0.2, 0) is 0 Å². The van der Waals surface area contributed by atoms with Gasteiger partial charge in [0.15, 0.2) is 0 Å². The Morgan fingerprint density at radius 3 is 1.82 bits per heavy atom. The number of benzene rings is 3. The number of furan rings is 2. The van der Waals surface area contributed by atoms with E-state index in [4.69, 9.17) is 8.83 Å². The Kier molecular flexibility index (Phi) is 3.44. The summed E-state index contributed by atoms with van der Waals surface area (Å²) in [5.41, 5.74) is 13.1. The van der Waals surface area contributed by atoms with Gasteiger partial charge in [-0.25, -0.2) is 0 Å². The largest absolute Gasteiger partial charge is 0.461 e. The second-order valence-electron chi connectivity index (χ2n) is 10.3. The van der Waals surface area contributed by atoms with Gasteiger partial charge in [0.05, 0.1) is 0 Å². The van der Waals surface area contributed by atoms with E-state index in [2.05, 4.69) is 62.4 Å². The van der Waals surface area contributed by atoms with Crippen LogP contribution < -0.4 is 16.4 Å². The van der Waals surface area contributed by atoms with E-state index in [0.29, 0.717) is 5.92 Å². The lowest BCUT2D eigenvalue weighted by Gasteiger charge is -2.33. The first kappa shape index (κ1) is 18.3. The highest BCUT2D eigenvalue weighted by molar-refractivity contribution is 7.01. The summed E-state index contributed by atoms with van der Waals surface area (Å²) in [6.07, 6.45) is 6.66. The van der Waals surface area contributed by atoms with Crippen LogP contribution in [0.5, 0.6) is 0 Å². The lowest BCUT2D eigenvalue weighted by molar-refractivity contribution is 0.444. The molecule has 2 aliphatic heterocycles. The quantitative estimate of drug-likeness (QED) is 0.286. The maximum atomic E-state index is 6.34. The molecule has 2 nitrogen and oxygen atoms in total. The zero-order chi connectivity index (χ0) is 21.8. The zero-order valence-electron chi connectivity index (χ0n) is 19.1. The molecule has 5 aromatic rings. The molecule has 1 saturated carbocycles.